The minimum atomic E-state index is -3.51. The highest BCUT2D eigenvalue weighted by Gasteiger charge is 2.12. The van der Waals surface area contributed by atoms with Gasteiger partial charge in [-0.3, -0.25) is 4.84 Å². The maximum absolute atomic E-state index is 11.0. The monoisotopic (exact) mass is 211 g/mol. The minimum Gasteiger partial charge on any atom is -0.479 e. The lowest BCUT2D eigenvalue weighted by molar-refractivity contribution is -0.143. The quantitative estimate of drug-likeness (QED) is 0.582. The summed E-state index contributed by atoms with van der Waals surface area (Å²) in [6.45, 7) is 2.78. The van der Waals surface area contributed by atoms with Crippen molar-refractivity contribution in [3.63, 3.8) is 0 Å². The predicted octanol–water partition coefficient (Wildman–Crippen LogP) is -0.422. The van der Waals surface area contributed by atoms with Crippen LogP contribution >= 0.6 is 0 Å². The molecule has 2 N–H and O–H groups in total. The lowest BCUT2D eigenvalue weighted by Crippen LogP contribution is -2.30. The van der Waals surface area contributed by atoms with E-state index >= 15 is 0 Å². The molecule has 0 atom stereocenters. The van der Waals surface area contributed by atoms with Crippen LogP contribution in [0.2, 0.25) is 0 Å². The smallest absolute Gasteiger partial charge is 0.331 e. The van der Waals surface area contributed by atoms with Crippen LogP contribution in [0.3, 0.4) is 0 Å². The Kier molecular flexibility index (Phi) is 4.89. The molecule has 0 fully saturated rings. The van der Waals surface area contributed by atoms with Crippen molar-refractivity contribution in [2.45, 2.75) is 13.8 Å². The zero-order valence-corrected chi connectivity index (χ0v) is 8.30. The third kappa shape index (κ3) is 7.69. The molecule has 6 nitrogen and oxygen atoms in total. The molecule has 0 saturated carbocycles. The number of nitrogens with one attached hydrogen (secondary N) is 1. The van der Waals surface area contributed by atoms with E-state index in [9.17, 15) is 13.2 Å². The minimum absolute atomic E-state index is 0.0362. The van der Waals surface area contributed by atoms with Crippen LogP contribution in [0, 0.1) is 5.92 Å². The first-order chi connectivity index (χ1) is 5.83. The van der Waals surface area contributed by atoms with E-state index in [-0.39, 0.29) is 11.7 Å². The number of hydrogen-bond donors (Lipinski definition) is 2. The first-order valence-electron chi connectivity index (χ1n) is 3.66. The van der Waals surface area contributed by atoms with Gasteiger partial charge >= 0.3 is 5.97 Å². The summed E-state index contributed by atoms with van der Waals surface area (Å²) >= 11 is 0. The molecule has 0 amide bonds. The molecule has 0 heterocycles. The molecule has 0 aliphatic rings. The second-order valence-corrected chi connectivity index (χ2v) is 4.67. The summed E-state index contributed by atoms with van der Waals surface area (Å²) < 4.78 is 22.0. The van der Waals surface area contributed by atoms with E-state index in [0.717, 1.165) is 0 Å². The molecular formula is C6H13NO5S. The summed E-state index contributed by atoms with van der Waals surface area (Å²) in [5.74, 6) is -1.36. The Hall–Kier alpha value is -0.660. The van der Waals surface area contributed by atoms with Crippen molar-refractivity contribution in [3.05, 3.63) is 0 Å². The average Bonchev–Trinajstić information content (AvgIpc) is 1.81. The summed E-state index contributed by atoms with van der Waals surface area (Å²) in [5.41, 5.74) is 0. The summed E-state index contributed by atoms with van der Waals surface area (Å²) in [7, 11) is -3.51. The maximum Gasteiger partial charge on any atom is 0.331 e. The number of hydrogen-bond acceptors (Lipinski definition) is 4. The fourth-order valence-corrected chi connectivity index (χ4v) is 1.84. The maximum atomic E-state index is 11.0. The SMILES string of the molecule is CC(C)CS(=O)(=O)NOCC(=O)O. The average molecular weight is 211 g/mol. The van der Waals surface area contributed by atoms with Crippen molar-refractivity contribution in [1.29, 1.82) is 0 Å². The molecule has 0 unspecified atom stereocenters. The van der Waals surface area contributed by atoms with Gasteiger partial charge < -0.3 is 5.11 Å². The zero-order chi connectivity index (χ0) is 10.5. The van der Waals surface area contributed by atoms with Crippen LogP contribution in [0.25, 0.3) is 0 Å². The van der Waals surface area contributed by atoms with Gasteiger partial charge in [0.2, 0.25) is 10.0 Å². The van der Waals surface area contributed by atoms with Gasteiger partial charge in [0.25, 0.3) is 0 Å². The fourth-order valence-electron chi connectivity index (χ4n) is 0.654. The predicted molar refractivity (Wildman–Crippen MR) is 45.3 cm³/mol. The Morgan fingerprint density at radius 3 is 2.46 bits per heavy atom. The molecule has 0 aromatic heterocycles. The van der Waals surface area contributed by atoms with Gasteiger partial charge in [0.15, 0.2) is 6.61 Å². The largest absolute Gasteiger partial charge is 0.479 e. The van der Waals surface area contributed by atoms with Gasteiger partial charge in [0.1, 0.15) is 0 Å². The van der Waals surface area contributed by atoms with Crippen molar-refractivity contribution in [2.24, 2.45) is 5.92 Å². The van der Waals surface area contributed by atoms with Gasteiger partial charge in [0, 0.05) is 0 Å². The first kappa shape index (κ1) is 12.3. The van der Waals surface area contributed by atoms with Crippen LogP contribution in [0.1, 0.15) is 13.8 Å². The van der Waals surface area contributed by atoms with Crippen LogP contribution in [0.5, 0.6) is 0 Å². The van der Waals surface area contributed by atoms with E-state index in [1.165, 1.54) is 0 Å². The second-order valence-electron chi connectivity index (χ2n) is 2.94. The number of aliphatic carboxylic acids is 1. The summed E-state index contributed by atoms with van der Waals surface area (Å²) in [4.78, 5) is 15.9. The molecule has 0 aromatic carbocycles. The Morgan fingerprint density at radius 2 is 2.08 bits per heavy atom. The van der Waals surface area contributed by atoms with Crippen molar-refractivity contribution in [2.75, 3.05) is 12.4 Å². The van der Waals surface area contributed by atoms with Crippen LogP contribution in [-0.4, -0.2) is 31.9 Å². The van der Waals surface area contributed by atoms with E-state index in [1.54, 1.807) is 18.7 Å². The molecule has 13 heavy (non-hydrogen) atoms. The van der Waals surface area contributed by atoms with Crippen LogP contribution in [-0.2, 0) is 19.7 Å². The van der Waals surface area contributed by atoms with Crippen LogP contribution in [0.15, 0.2) is 0 Å². The molecule has 0 bridgehead atoms. The Balaban J connectivity index is 3.84. The van der Waals surface area contributed by atoms with E-state index < -0.39 is 22.6 Å². The second kappa shape index (κ2) is 5.15. The van der Waals surface area contributed by atoms with Gasteiger partial charge in [-0.1, -0.05) is 18.7 Å². The summed E-state index contributed by atoms with van der Waals surface area (Å²) in [5, 5.41) is 8.13. The summed E-state index contributed by atoms with van der Waals surface area (Å²) in [6, 6.07) is 0. The molecule has 7 heteroatoms. The third-order valence-corrected chi connectivity index (χ3v) is 2.41. The van der Waals surface area contributed by atoms with Gasteiger partial charge in [-0.2, -0.15) is 0 Å². The van der Waals surface area contributed by atoms with Crippen LogP contribution < -0.4 is 4.89 Å². The topological polar surface area (TPSA) is 92.7 Å². The zero-order valence-electron chi connectivity index (χ0n) is 7.48. The highest BCUT2D eigenvalue weighted by atomic mass is 32.2. The van der Waals surface area contributed by atoms with E-state index in [1.807, 2.05) is 0 Å². The van der Waals surface area contributed by atoms with Gasteiger partial charge in [-0.05, 0) is 5.92 Å². The van der Waals surface area contributed by atoms with Gasteiger partial charge in [0.05, 0.1) is 5.75 Å². The third-order valence-electron chi connectivity index (χ3n) is 0.934. The van der Waals surface area contributed by atoms with Gasteiger partial charge in [-0.15, -0.1) is 0 Å². The number of carboxylic acid groups (broad SMARTS) is 1. The van der Waals surface area contributed by atoms with Crippen molar-refractivity contribution in [1.82, 2.24) is 4.89 Å². The van der Waals surface area contributed by atoms with Crippen molar-refractivity contribution < 1.29 is 23.2 Å². The Bertz CT molecular complexity index is 258. The lowest BCUT2D eigenvalue weighted by Gasteiger charge is -2.06. The number of rotatable bonds is 6. The number of carbonyl (C=O) groups is 1. The molecule has 0 aliphatic carbocycles. The molecular weight excluding hydrogens is 198 g/mol. The molecule has 0 spiro atoms. The van der Waals surface area contributed by atoms with Crippen molar-refractivity contribution in [3.8, 4) is 0 Å². The van der Waals surface area contributed by atoms with E-state index in [4.69, 9.17) is 5.11 Å². The molecule has 0 saturated heterocycles. The number of carboxylic acids is 1. The van der Waals surface area contributed by atoms with Crippen molar-refractivity contribution >= 4 is 16.0 Å². The molecule has 0 radical (unpaired) electrons. The Labute approximate surface area is 76.9 Å². The first-order valence-corrected chi connectivity index (χ1v) is 5.32. The van der Waals surface area contributed by atoms with E-state index in [0.29, 0.717) is 0 Å². The summed E-state index contributed by atoms with van der Waals surface area (Å²) in [6.07, 6.45) is 0. The number of sulfonamides is 1. The van der Waals surface area contributed by atoms with E-state index in [2.05, 4.69) is 4.84 Å². The molecule has 0 aliphatic heterocycles. The standard InChI is InChI=1S/C6H13NO5S/c1-5(2)4-13(10,11)7-12-3-6(8)9/h5,7H,3-4H2,1-2H3,(H,8,9). The van der Waals surface area contributed by atoms with Crippen LogP contribution in [0.4, 0.5) is 0 Å². The fraction of sp³-hybridized carbons (Fsp3) is 0.833. The molecule has 0 aromatic rings. The molecule has 0 rings (SSSR count). The highest BCUT2D eigenvalue weighted by Crippen LogP contribution is 1.96. The normalized spacial score (nSPS) is 11.9. The Morgan fingerprint density at radius 1 is 1.54 bits per heavy atom. The molecule has 78 valence electrons. The lowest BCUT2D eigenvalue weighted by atomic mass is 10.3. The highest BCUT2D eigenvalue weighted by molar-refractivity contribution is 7.89. The van der Waals surface area contributed by atoms with Gasteiger partial charge in [-0.25, -0.2) is 13.2 Å².